The molecule has 0 bridgehead atoms. The molecule has 1 saturated heterocycles. The van der Waals surface area contributed by atoms with Crippen LogP contribution in [0.3, 0.4) is 0 Å². The Balaban J connectivity index is 1.46. The highest BCUT2D eigenvalue weighted by Crippen LogP contribution is 2.41. The number of fused-ring (bicyclic) bond motifs is 3. The predicted octanol–water partition coefficient (Wildman–Crippen LogP) is 4.81. The summed E-state index contributed by atoms with van der Waals surface area (Å²) >= 11 is 0. The molecule has 35 heavy (non-hydrogen) atoms. The molecule has 1 fully saturated rings. The summed E-state index contributed by atoms with van der Waals surface area (Å²) in [4.78, 5) is 3.11. The van der Waals surface area contributed by atoms with E-state index in [9.17, 15) is 17.6 Å². The topological polar surface area (TPSA) is 47.2 Å². The number of anilines is 1. The van der Waals surface area contributed by atoms with E-state index < -0.39 is 42.6 Å². The third kappa shape index (κ3) is 4.84. The van der Waals surface area contributed by atoms with Crippen LogP contribution < -0.4 is 5.32 Å². The Labute approximate surface area is 198 Å². The Morgan fingerprint density at radius 1 is 1.11 bits per heavy atom. The number of aromatic nitrogens is 2. The van der Waals surface area contributed by atoms with Crippen LogP contribution in [0.15, 0.2) is 30.5 Å². The molecule has 5 nitrogen and oxygen atoms in total. The molecular weight excluding hydrogens is 472 g/mol. The number of nitrogens with one attached hydrogen (secondary N) is 2. The fourth-order valence-electron chi connectivity index (χ4n) is 5.24. The van der Waals surface area contributed by atoms with Crippen molar-refractivity contribution in [2.45, 2.75) is 31.1 Å². The molecule has 1 atom stereocenters. The molecule has 1 aromatic heterocycles. The molecule has 11 heteroatoms. The zero-order valence-electron chi connectivity index (χ0n) is 18.8. The average molecular weight is 497 g/mol. The molecule has 0 spiro atoms. The van der Waals surface area contributed by atoms with Crippen LogP contribution in [-0.4, -0.2) is 71.6 Å². The molecule has 188 valence electrons. The van der Waals surface area contributed by atoms with Gasteiger partial charge in [0.25, 0.3) is 0 Å². The van der Waals surface area contributed by atoms with Crippen molar-refractivity contribution in [3.05, 3.63) is 58.8 Å². The van der Waals surface area contributed by atoms with Crippen molar-refractivity contribution >= 4 is 16.6 Å². The van der Waals surface area contributed by atoms with Crippen molar-refractivity contribution in [2.24, 2.45) is 0 Å². The van der Waals surface area contributed by atoms with Gasteiger partial charge in [-0.25, -0.2) is 8.78 Å². The minimum atomic E-state index is -4.53. The number of H-pyrrole nitrogens is 1. The van der Waals surface area contributed by atoms with Gasteiger partial charge in [0.15, 0.2) is 0 Å². The Kier molecular flexibility index (Phi) is 6.39. The molecule has 2 aliphatic rings. The minimum Gasteiger partial charge on any atom is -0.380 e. The Morgan fingerprint density at radius 2 is 1.86 bits per heavy atom. The Morgan fingerprint density at radius 3 is 2.54 bits per heavy atom. The van der Waals surface area contributed by atoms with Crippen molar-refractivity contribution < 1.29 is 26.3 Å². The van der Waals surface area contributed by atoms with E-state index in [1.54, 1.807) is 18.3 Å². The number of hydrogen-bond acceptors (Lipinski definition) is 4. The zero-order valence-corrected chi connectivity index (χ0v) is 18.8. The largest absolute Gasteiger partial charge is 0.401 e. The van der Waals surface area contributed by atoms with Gasteiger partial charge in [-0.2, -0.15) is 18.3 Å². The second-order valence-corrected chi connectivity index (χ2v) is 9.20. The summed E-state index contributed by atoms with van der Waals surface area (Å²) in [5, 5.41) is 10.6. The zero-order chi connectivity index (χ0) is 24.7. The predicted molar refractivity (Wildman–Crippen MR) is 120 cm³/mol. The first-order chi connectivity index (χ1) is 16.7. The number of nitrogens with zero attached hydrogens (tertiary/aromatic N) is 3. The second kappa shape index (κ2) is 9.34. The lowest BCUT2D eigenvalue weighted by atomic mass is 9.86. The van der Waals surface area contributed by atoms with Gasteiger partial charge in [-0.05, 0) is 42.2 Å². The number of halogens is 6. The number of aromatic amines is 1. The minimum absolute atomic E-state index is 0.00284. The number of benzene rings is 2. The van der Waals surface area contributed by atoms with Crippen LogP contribution in [-0.2, 0) is 6.42 Å². The van der Waals surface area contributed by atoms with Gasteiger partial charge < -0.3 is 5.32 Å². The van der Waals surface area contributed by atoms with Gasteiger partial charge in [0.1, 0.15) is 11.6 Å². The number of hydrogen-bond donors (Lipinski definition) is 2. The maximum absolute atomic E-state index is 15.4. The highest BCUT2D eigenvalue weighted by Gasteiger charge is 2.40. The summed E-state index contributed by atoms with van der Waals surface area (Å²) in [5.41, 5.74) is 1.72. The molecule has 0 aliphatic carbocycles. The standard InChI is InChI=1S/C24H25F6N5/c25-5-1-6-34-11-15(12-34)32-14-8-19(26)22(20(27)9-14)23-17-2-3-21-18(10-31-33-21)16(17)4-7-35(23)13-24(28,29)30/h2-3,8-10,15,23,32H,1,4-7,11-13H2,(H,31,33). The van der Waals surface area contributed by atoms with Gasteiger partial charge in [0.05, 0.1) is 37.0 Å². The van der Waals surface area contributed by atoms with E-state index in [4.69, 9.17) is 0 Å². The SMILES string of the molecule is FCCCN1CC(Nc2cc(F)c(C3c4ccc5[nH]ncc5c4CCN3CC(F)(F)F)c(F)c2)C1. The van der Waals surface area contributed by atoms with Crippen LogP contribution in [0.1, 0.15) is 29.2 Å². The number of alkyl halides is 4. The van der Waals surface area contributed by atoms with E-state index in [1.165, 1.54) is 0 Å². The third-order valence-electron chi connectivity index (χ3n) is 6.75. The van der Waals surface area contributed by atoms with Gasteiger partial charge >= 0.3 is 6.18 Å². The van der Waals surface area contributed by atoms with Gasteiger partial charge in [-0.3, -0.25) is 19.3 Å². The molecule has 0 saturated carbocycles. The van der Waals surface area contributed by atoms with Crippen molar-refractivity contribution in [2.75, 3.05) is 44.7 Å². The van der Waals surface area contributed by atoms with Crippen LogP contribution in [0.4, 0.5) is 32.0 Å². The van der Waals surface area contributed by atoms with Crippen LogP contribution in [0, 0.1) is 11.6 Å². The number of rotatable bonds is 7. The van der Waals surface area contributed by atoms with Gasteiger partial charge in [0.2, 0.25) is 0 Å². The van der Waals surface area contributed by atoms with Crippen molar-refractivity contribution in [3.63, 3.8) is 0 Å². The monoisotopic (exact) mass is 497 g/mol. The first-order valence-corrected chi connectivity index (χ1v) is 11.5. The van der Waals surface area contributed by atoms with Gasteiger partial charge in [-0.15, -0.1) is 0 Å². The normalized spacial score (nSPS) is 19.7. The fourth-order valence-corrected chi connectivity index (χ4v) is 5.24. The van der Waals surface area contributed by atoms with Crippen molar-refractivity contribution in [1.29, 1.82) is 0 Å². The molecule has 2 N–H and O–H groups in total. The summed E-state index contributed by atoms with van der Waals surface area (Å²) in [5.74, 6) is -1.81. The lowest BCUT2D eigenvalue weighted by molar-refractivity contribution is -0.150. The molecule has 3 heterocycles. The van der Waals surface area contributed by atoms with Crippen LogP contribution in [0.25, 0.3) is 10.9 Å². The highest BCUT2D eigenvalue weighted by molar-refractivity contribution is 5.83. The van der Waals surface area contributed by atoms with E-state index in [0.717, 1.165) is 28.0 Å². The quantitative estimate of drug-likeness (QED) is 0.461. The first kappa shape index (κ1) is 23.9. The van der Waals surface area contributed by atoms with Crippen molar-refractivity contribution in [3.8, 4) is 0 Å². The second-order valence-electron chi connectivity index (χ2n) is 9.20. The molecule has 0 radical (unpaired) electrons. The fraction of sp³-hybridized carbons (Fsp3) is 0.458. The first-order valence-electron chi connectivity index (χ1n) is 11.5. The third-order valence-corrected chi connectivity index (χ3v) is 6.75. The summed E-state index contributed by atoms with van der Waals surface area (Å²) in [7, 11) is 0. The van der Waals surface area contributed by atoms with E-state index in [-0.39, 0.29) is 18.3 Å². The molecule has 2 aliphatic heterocycles. The van der Waals surface area contributed by atoms with Crippen LogP contribution >= 0.6 is 0 Å². The van der Waals surface area contributed by atoms with E-state index in [2.05, 4.69) is 15.5 Å². The average Bonchev–Trinajstić information content (AvgIpc) is 3.24. The lowest BCUT2D eigenvalue weighted by Gasteiger charge is -2.40. The molecule has 5 rings (SSSR count). The molecular formula is C24H25F6N5. The van der Waals surface area contributed by atoms with Gasteiger partial charge in [-0.1, -0.05) is 6.07 Å². The molecule has 3 aromatic rings. The van der Waals surface area contributed by atoms with E-state index >= 15 is 8.78 Å². The van der Waals surface area contributed by atoms with Gasteiger partial charge in [0, 0.05) is 42.8 Å². The maximum atomic E-state index is 15.4. The summed E-state index contributed by atoms with van der Waals surface area (Å²) in [6.45, 7) is 0.195. The van der Waals surface area contributed by atoms with E-state index in [1.807, 2.05) is 4.90 Å². The Hall–Kier alpha value is -2.79. The molecule has 1 unspecified atom stereocenters. The Bertz CT molecular complexity index is 1180. The van der Waals surface area contributed by atoms with Crippen LogP contribution in [0.2, 0.25) is 0 Å². The molecule has 0 amide bonds. The van der Waals surface area contributed by atoms with Crippen molar-refractivity contribution in [1.82, 2.24) is 20.0 Å². The van der Waals surface area contributed by atoms with Crippen LogP contribution in [0.5, 0.6) is 0 Å². The summed E-state index contributed by atoms with van der Waals surface area (Å²) in [6.07, 6.45) is -2.20. The maximum Gasteiger partial charge on any atom is 0.401 e. The summed E-state index contributed by atoms with van der Waals surface area (Å²) < 4.78 is 83.3. The number of likely N-dealkylation sites (tertiary alicyclic amines) is 1. The molecule has 2 aromatic carbocycles. The smallest absolute Gasteiger partial charge is 0.380 e. The summed E-state index contributed by atoms with van der Waals surface area (Å²) in [6, 6.07) is 4.30. The lowest BCUT2D eigenvalue weighted by Crippen LogP contribution is -2.54. The van der Waals surface area contributed by atoms with E-state index in [0.29, 0.717) is 43.6 Å². The highest BCUT2D eigenvalue weighted by atomic mass is 19.4.